The molecule has 1 aliphatic rings. The summed E-state index contributed by atoms with van der Waals surface area (Å²) in [5, 5.41) is 15.5. The lowest BCUT2D eigenvalue weighted by atomic mass is 9.97. The molecule has 0 unspecified atom stereocenters. The molecule has 1 heterocycles. The van der Waals surface area contributed by atoms with Gasteiger partial charge in [0, 0.05) is 5.57 Å². The Morgan fingerprint density at radius 1 is 0.865 bits per heavy atom. The van der Waals surface area contributed by atoms with Gasteiger partial charge in [-0.2, -0.15) is 22.1 Å². The number of nitriles is 1. The molecule has 0 N–H and O–H groups in total. The Balaban J connectivity index is 1.53. The van der Waals surface area contributed by atoms with Crippen LogP contribution in [0.25, 0.3) is 5.57 Å². The molecule has 4 rings (SSSR count). The van der Waals surface area contributed by atoms with Crippen LogP contribution < -0.4 is 4.18 Å². The molecule has 11 heteroatoms. The molecule has 1 aliphatic heterocycles. The highest BCUT2D eigenvalue weighted by molar-refractivity contribution is 8.17. The van der Waals surface area contributed by atoms with Gasteiger partial charge in [0.15, 0.2) is 0 Å². The van der Waals surface area contributed by atoms with Crippen molar-refractivity contribution in [3.63, 3.8) is 0 Å². The van der Waals surface area contributed by atoms with Crippen LogP contribution in [-0.2, 0) is 24.5 Å². The van der Waals surface area contributed by atoms with Crippen LogP contribution in [0.5, 0.6) is 5.75 Å². The van der Waals surface area contributed by atoms with E-state index in [0.717, 1.165) is 35.0 Å². The quantitative estimate of drug-likeness (QED) is 0.219. The predicted molar refractivity (Wildman–Crippen MR) is 142 cm³/mol. The molecule has 0 saturated carbocycles. The molecular weight excluding hydrogens is 532 g/mol. The van der Waals surface area contributed by atoms with Crippen molar-refractivity contribution in [2.24, 2.45) is 5.16 Å². The minimum atomic E-state index is -4.33. The topological polar surface area (TPSA) is 123 Å². The SMILES string of the molecule is Cc1ccc(S(=O)(=O)Oc2ccc(S(=O)(=O)ON=C3SC=C/C3=C(/C#N)c3ccccc3C)cc2)cc1. The van der Waals surface area contributed by atoms with Crippen LogP contribution in [0.4, 0.5) is 0 Å². The average molecular weight is 553 g/mol. The van der Waals surface area contributed by atoms with E-state index >= 15 is 0 Å². The van der Waals surface area contributed by atoms with E-state index in [2.05, 4.69) is 11.2 Å². The normalized spacial score (nSPS) is 15.9. The maximum absolute atomic E-state index is 12.7. The number of thioether (sulfide) groups is 1. The third-order valence-corrected chi connectivity index (χ3v) is 8.46. The van der Waals surface area contributed by atoms with E-state index < -0.39 is 20.2 Å². The van der Waals surface area contributed by atoms with Gasteiger partial charge in [-0.1, -0.05) is 58.9 Å². The fourth-order valence-electron chi connectivity index (χ4n) is 3.35. The first-order chi connectivity index (χ1) is 17.6. The molecule has 3 aromatic rings. The van der Waals surface area contributed by atoms with Crippen molar-refractivity contribution in [2.75, 3.05) is 0 Å². The van der Waals surface area contributed by atoms with Crippen LogP contribution in [0, 0.1) is 25.2 Å². The standard InChI is InChI=1S/C26H20N2O6S3/c1-18-7-11-21(12-8-18)36(29,30)33-20-9-13-22(14-10-20)37(31,32)34-28-26-24(15-16-35-26)25(17-27)23-6-4-3-5-19(23)2/h3-16H,1-2H3/b25-24+,28-26?. The number of oxime groups is 1. The number of rotatable bonds is 7. The zero-order chi connectivity index (χ0) is 26.6. The first kappa shape index (κ1) is 26.2. The van der Waals surface area contributed by atoms with Crippen molar-refractivity contribution >= 4 is 42.6 Å². The molecule has 0 aliphatic carbocycles. The minimum absolute atomic E-state index is 0.0251. The molecule has 0 aromatic heterocycles. The smallest absolute Gasteiger partial charge is 0.358 e. The Kier molecular flexibility index (Phi) is 7.54. The van der Waals surface area contributed by atoms with Gasteiger partial charge in [0.05, 0.1) is 5.57 Å². The molecule has 8 nitrogen and oxygen atoms in total. The van der Waals surface area contributed by atoms with E-state index in [-0.39, 0.29) is 20.6 Å². The van der Waals surface area contributed by atoms with Gasteiger partial charge in [0.2, 0.25) is 0 Å². The summed E-state index contributed by atoms with van der Waals surface area (Å²) in [5.74, 6) is -0.0662. The van der Waals surface area contributed by atoms with Crippen molar-refractivity contribution in [3.8, 4) is 11.8 Å². The highest BCUT2D eigenvalue weighted by Crippen LogP contribution is 2.32. The van der Waals surface area contributed by atoms with Gasteiger partial charge in [-0.05, 0) is 72.9 Å². The second-order valence-electron chi connectivity index (χ2n) is 7.88. The zero-order valence-electron chi connectivity index (χ0n) is 19.7. The summed E-state index contributed by atoms with van der Waals surface area (Å²) < 4.78 is 60.3. The van der Waals surface area contributed by atoms with Gasteiger partial charge in [-0.15, -0.1) is 0 Å². The Labute approximate surface area is 219 Å². The number of hydrogen-bond donors (Lipinski definition) is 0. The average Bonchev–Trinajstić information content (AvgIpc) is 3.33. The molecule has 0 fully saturated rings. The first-order valence-corrected chi connectivity index (χ1v) is 14.5. The number of allylic oxidation sites excluding steroid dienone is 2. The first-order valence-electron chi connectivity index (χ1n) is 10.8. The fraction of sp³-hybridized carbons (Fsp3) is 0.0769. The van der Waals surface area contributed by atoms with Gasteiger partial charge in [-0.25, -0.2) is 0 Å². The van der Waals surface area contributed by atoms with Crippen molar-refractivity contribution in [2.45, 2.75) is 23.6 Å². The molecule has 0 atom stereocenters. The summed E-state index contributed by atoms with van der Waals surface area (Å²) in [6, 6.07) is 20.4. The second-order valence-corrected chi connectivity index (χ2v) is 11.9. The summed E-state index contributed by atoms with van der Waals surface area (Å²) in [6.45, 7) is 3.70. The summed E-state index contributed by atoms with van der Waals surface area (Å²) in [7, 11) is -8.42. The van der Waals surface area contributed by atoms with E-state index in [1.54, 1.807) is 29.7 Å². The summed E-state index contributed by atoms with van der Waals surface area (Å²) >= 11 is 1.12. The van der Waals surface area contributed by atoms with Crippen molar-refractivity contribution in [3.05, 3.63) is 107 Å². The third-order valence-electron chi connectivity index (χ3n) is 5.29. The molecule has 3 aromatic carbocycles. The van der Waals surface area contributed by atoms with E-state index in [1.807, 2.05) is 32.0 Å². The highest BCUT2D eigenvalue weighted by Gasteiger charge is 2.23. The Bertz CT molecular complexity index is 1680. The largest absolute Gasteiger partial charge is 0.379 e. The maximum Gasteiger partial charge on any atom is 0.358 e. The lowest BCUT2D eigenvalue weighted by molar-refractivity contribution is 0.340. The van der Waals surface area contributed by atoms with Crippen LogP contribution >= 0.6 is 11.8 Å². The van der Waals surface area contributed by atoms with Gasteiger partial charge >= 0.3 is 20.2 Å². The van der Waals surface area contributed by atoms with Crippen LogP contribution in [0.15, 0.2) is 105 Å². The Morgan fingerprint density at radius 2 is 1.49 bits per heavy atom. The third kappa shape index (κ3) is 5.94. The minimum Gasteiger partial charge on any atom is -0.379 e. The number of nitrogens with zero attached hydrogens (tertiary/aromatic N) is 2. The van der Waals surface area contributed by atoms with Gasteiger partial charge in [0.25, 0.3) is 0 Å². The summed E-state index contributed by atoms with van der Waals surface area (Å²) in [5.41, 5.74) is 3.28. The van der Waals surface area contributed by atoms with E-state index in [4.69, 9.17) is 8.47 Å². The summed E-state index contributed by atoms with van der Waals surface area (Å²) in [6.07, 6.45) is 1.67. The van der Waals surface area contributed by atoms with Crippen molar-refractivity contribution in [1.82, 2.24) is 0 Å². The molecule has 0 spiro atoms. The molecule has 0 radical (unpaired) electrons. The maximum atomic E-state index is 12.7. The van der Waals surface area contributed by atoms with E-state index in [1.165, 1.54) is 24.3 Å². The molecule has 0 saturated heterocycles. The highest BCUT2D eigenvalue weighted by atomic mass is 32.2. The number of hydrogen-bond acceptors (Lipinski definition) is 9. The number of benzene rings is 3. The fourth-order valence-corrected chi connectivity index (χ4v) is 5.76. The Morgan fingerprint density at radius 3 is 2.14 bits per heavy atom. The van der Waals surface area contributed by atoms with Crippen molar-refractivity contribution < 1.29 is 25.3 Å². The van der Waals surface area contributed by atoms with Gasteiger partial charge in [-0.3, -0.25) is 4.28 Å². The van der Waals surface area contributed by atoms with E-state index in [0.29, 0.717) is 16.7 Å². The second kappa shape index (κ2) is 10.6. The zero-order valence-corrected chi connectivity index (χ0v) is 22.1. The number of aryl methyl sites for hydroxylation is 2. The molecule has 0 amide bonds. The lowest BCUT2D eigenvalue weighted by Crippen LogP contribution is -2.10. The summed E-state index contributed by atoms with van der Waals surface area (Å²) in [4.78, 5) is -0.277. The lowest BCUT2D eigenvalue weighted by Gasteiger charge is -2.09. The van der Waals surface area contributed by atoms with Gasteiger partial charge < -0.3 is 4.18 Å². The van der Waals surface area contributed by atoms with Crippen LogP contribution in [0.1, 0.15) is 16.7 Å². The van der Waals surface area contributed by atoms with Crippen LogP contribution in [0.2, 0.25) is 0 Å². The van der Waals surface area contributed by atoms with Crippen LogP contribution in [0.3, 0.4) is 0 Å². The molecule has 0 bridgehead atoms. The van der Waals surface area contributed by atoms with Crippen LogP contribution in [-0.4, -0.2) is 21.9 Å². The van der Waals surface area contributed by atoms with Crippen molar-refractivity contribution in [1.29, 1.82) is 5.26 Å². The monoisotopic (exact) mass is 552 g/mol. The molecular formula is C26H20N2O6S3. The molecule has 188 valence electrons. The van der Waals surface area contributed by atoms with Gasteiger partial charge in [0.1, 0.15) is 26.7 Å². The molecule has 37 heavy (non-hydrogen) atoms. The van der Waals surface area contributed by atoms with E-state index in [9.17, 15) is 22.1 Å². The predicted octanol–water partition coefficient (Wildman–Crippen LogP) is 5.33. The Hall–Kier alpha value is -3.85.